The van der Waals surface area contributed by atoms with Crippen molar-refractivity contribution >= 4 is 5.97 Å². The standard InChI is InChI=1S/C10H10F2O2/c1-2-10(11,12)8-5-3-7(4-6-8)9(13)14/h3-6H,2H2,1H3,(H,13,14). The van der Waals surface area contributed by atoms with Crippen LogP contribution in [0.1, 0.15) is 29.3 Å². The van der Waals surface area contributed by atoms with E-state index in [0.717, 1.165) is 12.1 Å². The largest absolute Gasteiger partial charge is 0.478 e. The average Bonchev–Trinajstić information content (AvgIpc) is 2.18. The summed E-state index contributed by atoms with van der Waals surface area (Å²) in [5.41, 5.74) is -0.134. The van der Waals surface area contributed by atoms with Gasteiger partial charge in [-0.2, -0.15) is 0 Å². The van der Waals surface area contributed by atoms with E-state index in [1.54, 1.807) is 0 Å². The van der Waals surface area contributed by atoms with Gasteiger partial charge in [-0.3, -0.25) is 0 Å². The van der Waals surface area contributed by atoms with Crippen molar-refractivity contribution in [2.24, 2.45) is 0 Å². The molecule has 0 fully saturated rings. The summed E-state index contributed by atoms with van der Waals surface area (Å²) in [6.07, 6.45) is -0.292. The van der Waals surface area contributed by atoms with Crippen LogP contribution in [0.4, 0.5) is 8.78 Å². The molecule has 76 valence electrons. The molecule has 0 spiro atoms. The molecule has 4 heteroatoms. The fraction of sp³-hybridized carbons (Fsp3) is 0.300. The first-order valence-electron chi connectivity index (χ1n) is 4.19. The lowest BCUT2D eigenvalue weighted by Crippen LogP contribution is -2.11. The van der Waals surface area contributed by atoms with Gasteiger partial charge in [0.15, 0.2) is 0 Å². The van der Waals surface area contributed by atoms with E-state index < -0.39 is 11.9 Å². The molecule has 0 radical (unpaired) electrons. The first-order chi connectivity index (χ1) is 6.47. The van der Waals surface area contributed by atoms with E-state index in [9.17, 15) is 13.6 Å². The maximum Gasteiger partial charge on any atom is 0.335 e. The minimum atomic E-state index is -2.88. The fourth-order valence-electron chi connectivity index (χ4n) is 1.06. The lowest BCUT2D eigenvalue weighted by atomic mass is 10.0. The normalized spacial score (nSPS) is 11.4. The number of rotatable bonds is 3. The summed E-state index contributed by atoms with van der Waals surface area (Å²) < 4.78 is 26.1. The molecular weight excluding hydrogens is 190 g/mol. The van der Waals surface area contributed by atoms with E-state index in [1.165, 1.54) is 19.1 Å². The zero-order chi connectivity index (χ0) is 10.8. The summed E-state index contributed by atoms with van der Waals surface area (Å²) in [7, 11) is 0. The molecule has 0 amide bonds. The number of carboxylic acid groups (broad SMARTS) is 1. The molecular formula is C10H10F2O2. The summed E-state index contributed by atoms with van der Waals surface area (Å²) in [6, 6.07) is 4.66. The van der Waals surface area contributed by atoms with Gasteiger partial charge in [0.25, 0.3) is 5.92 Å². The number of alkyl halides is 2. The molecule has 14 heavy (non-hydrogen) atoms. The minimum absolute atomic E-state index is 0.0145. The summed E-state index contributed by atoms with van der Waals surface area (Å²) in [5.74, 6) is -3.99. The topological polar surface area (TPSA) is 37.3 Å². The second-order valence-corrected chi connectivity index (χ2v) is 2.94. The maximum absolute atomic E-state index is 13.1. The second kappa shape index (κ2) is 3.74. The molecule has 0 bridgehead atoms. The average molecular weight is 200 g/mol. The van der Waals surface area contributed by atoms with Crippen molar-refractivity contribution in [1.82, 2.24) is 0 Å². The number of hydrogen-bond acceptors (Lipinski definition) is 1. The van der Waals surface area contributed by atoms with E-state index >= 15 is 0 Å². The molecule has 0 aliphatic carbocycles. The smallest absolute Gasteiger partial charge is 0.335 e. The Labute approximate surface area is 80.2 Å². The van der Waals surface area contributed by atoms with Crippen molar-refractivity contribution in [3.63, 3.8) is 0 Å². The van der Waals surface area contributed by atoms with Crippen molar-refractivity contribution < 1.29 is 18.7 Å². The maximum atomic E-state index is 13.1. The van der Waals surface area contributed by atoms with Gasteiger partial charge in [0, 0.05) is 12.0 Å². The van der Waals surface area contributed by atoms with E-state index in [4.69, 9.17) is 5.11 Å². The predicted octanol–water partition coefficient (Wildman–Crippen LogP) is 2.89. The molecule has 0 aromatic heterocycles. The van der Waals surface area contributed by atoms with Crippen LogP contribution in [0.2, 0.25) is 0 Å². The van der Waals surface area contributed by atoms with E-state index in [1.807, 2.05) is 0 Å². The summed E-state index contributed by atoms with van der Waals surface area (Å²) >= 11 is 0. The molecule has 1 aromatic rings. The fourth-order valence-corrected chi connectivity index (χ4v) is 1.06. The zero-order valence-electron chi connectivity index (χ0n) is 7.63. The molecule has 0 saturated carbocycles. The quantitative estimate of drug-likeness (QED) is 0.814. The van der Waals surface area contributed by atoms with Crippen LogP contribution in [0.15, 0.2) is 24.3 Å². The summed E-state index contributed by atoms with van der Waals surface area (Å²) in [6.45, 7) is 1.38. The Morgan fingerprint density at radius 3 is 2.21 bits per heavy atom. The lowest BCUT2D eigenvalue weighted by Gasteiger charge is -2.13. The van der Waals surface area contributed by atoms with Gasteiger partial charge in [-0.05, 0) is 12.1 Å². The molecule has 1 rings (SSSR count). The van der Waals surface area contributed by atoms with Crippen LogP contribution < -0.4 is 0 Å². The highest BCUT2D eigenvalue weighted by Crippen LogP contribution is 2.31. The molecule has 0 saturated heterocycles. The zero-order valence-corrected chi connectivity index (χ0v) is 7.63. The first-order valence-corrected chi connectivity index (χ1v) is 4.19. The van der Waals surface area contributed by atoms with Crippen LogP contribution in [0.5, 0.6) is 0 Å². The van der Waals surface area contributed by atoms with Crippen LogP contribution >= 0.6 is 0 Å². The monoisotopic (exact) mass is 200 g/mol. The Kier molecular flexibility index (Phi) is 2.84. The minimum Gasteiger partial charge on any atom is -0.478 e. The third-order valence-corrected chi connectivity index (χ3v) is 2.00. The lowest BCUT2D eigenvalue weighted by molar-refractivity contribution is -0.00833. The first kappa shape index (κ1) is 10.6. The number of benzene rings is 1. The van der Waals surface area contributed by atoms with E-state index in [2.05, 4.69) is 0 Å². The van der Waals surface area contributed by atoms with Crippen LogP contribution in [-0.2, 0) is 5.92 Å². The van der Waals surface area contributed by atoms with Gasteiger partial charge in [0.2, 0.25) is 0 Å². The number of hydrogen-bond donors (Lipinski definition) is 1. The molecule has 0 unspecified atom stereocenters. The number of carboxylic acids is 1. The SMILES string of the molecule is CCC(F)(F)c1ccc(C(=O)O)cc1. The van der Waals surface area contributed by atoms with Crippen LogP contribution in [0.3, 0.4) is 0 Å². The molecule has 2 nitrogen and oxygen atoms in total. The van der Waals surface area contributed by atoms with Crippen molar-refractivity contribution in [2.45, 2.75) is 19.3 Å². The van der Waals surface area contributed by atoms with Gasteiger partial charge in [-0.15, -0.1) is 0 Å². The molecule has 0 heterocycles. The number of carbonyl (C=O) groups is 1. The second-order valence-electron chi connectivity index (χ2n) is 2.94. The van der Waals surface area contributed by atoms with Crippen LogP contribution in [0.25, 0.3) is 0 Å². The third kappa shape index (κ3) is 2.07. The highest BCUT2D eigenvalue weighted by Gasteiger charge is 2.28. The Bertz CT molecular complexity index is 330. The third-order valence-electron chi connectivity index (χ3n) is 2.00. The van der Waals surface area contributed by atoms with Crippen LogP contribution in [-0.4, -0.2) is 11.1 Å². The molecule has 1 aromatic carbocycles. The Balaban J connectivity index is 2.99. The summed E-state index contributed by atoms with van der Waals surface area (Å²) in [4.78, 5) is 10.4. The van der Waals surface area contributed by atoms with Gasteiger partial charge < -0.3 is 5.11 Å². The van der Waals surface area contributed by atoms with Gasteiger partial charge in [-0.25, -0.2) is 13.6 Å². The van der Waals surface area contributed by atoms with Crippen molar-refractivity contribution in [3.05, 3.63) is 35.4 Å². The van der Waals surface area contributed by atoms with Gasteiger partial charge in [-0.1, -0.05) is 19.1 Å². The van der Waals surface area contributed by atoms with Gasteiger partial charge in [0.05, 0.1) is 5.56 Å². The van der Waals surface area contributed by atoms with E-state index in [-0.39, 0.29) is 17.5 Å². The molecule has 1 N–H and O–H groups in total. The summed E-state index contributed by atoms with van der Waals surface area (Å²) in [5, 5.41) is 8.55. The van der Waals surface area contributed by atoms with E-state index in [0.29, 0.717) is 0 Å². The molecule has 0 aliphatic rings. The number of halogens is 2. The number of aromatic carboxylic acids is 1. The highest BCUT2D eigenvalue weighted by molar-refractivity contribution is 5.87. The van der Waals surface area contributed by atoms with Crippen LogP contribution in [0, 0.1) is 0 Å². The van der Waals surface area contributed by atoms with Gasteiger partial charge in [0.1, 0.15) is 0 Å². The molecule has 0 atom stereocenters. The Morgan fingerprint density at radius 1 is 1.36 bits per heavy atom. The van der Waals surface area contributed by atoms with Crippen molar-refractivity contribution in [2.75, 3.05) is 0 Å². The van der Waals surface area contributed by atoms with Crippen molar-refractivity contribution in [3.8, 4) is 0 Å². The van der Waals surface area contributed by atoms with Gasteiger partial charge >= 0.3 is 5.97 Å². The predicted molar refractivity (Wildman–Crippen MR) is 47.6 cm³/mol. The van der Waals surface area contributed by atoms with Crippen molar-refractivity contribution in [1.29, 1.82) is 0 Å². The highest BCUT2D eigenvalue weighted by atomic mass is 19.3. The molecule has 0 aliphatic heterocycles. The Morgan fingerprint density at radius 2 is 1.86 bits per heavy atom. The Hall–Kier alpha value is -1.45.